The maximum Gasteiger partial charge on any atom is 0.305 e. The lowest BCUT2D eigenvalue weighted by Gasteiger charge is -2.45. The van der Waals surface area contributed by atoms with Crippen molar-refractivity contribution in [2.75, 3.05) is 19.6 Å². The Morgan fingerprint density at radius 2 is 2.00 bits per heavy atom. The first-order chi connectivity index (χ1) is 8.43. The highest BCUT2D eigenvalue weighted by Gasteiger charge is 2.41. The van der Waals surface area contributed by atoms with E-state index in [1.54, 1.807) is 0 Å². The van der Waals surface area contributed by atoms with Crippen LogP contribution in [0.1, 0.15) is 39.0 Å². The Labute approximate surface area is 108 Å². The molecule has 0 radical (unpaired) electrons. The van der Waals surface area contributed by atoms with Crippen LogP contribution in [0.4, 0.5) is 0 Å². The summed E-state index contributed by atoms with van der Waals surface area (Å²) in [5, 5.41) is 25.8. The van der Waals surface area contributed by atoms with Crippen LogP contribution in [0.25, 0.3) is 0 Å². The maximum atomic E-state index is 10.9. The van der Waals surface area contributed by atoms with Gasteiger partial charge in [0.05, 0.1) is 17.6 Å². The zero-order chi connectivity index (χ0) is 13.2. The van der Waals surface area contributed by atoms with Gasteiger partial charge in [0.25, 0.3) is 0 Å². The first kappa shape index (κ1) is 13.8. The van der Waals surface area contributed by atoms with Crippen LogP contribution in [0.3, 0.4) is 0 Å². The topological polar surface area (TPSA) is 81.6 Å². The molecule has 1 saturated heterocycles. The lowest BCUT2D eigenvalue weighted by Crippen LogP contribution is -2.70. The minimum absolute atomic E-state index is 0.118. The molecule has 104 valence electrons. The molecule has 18 heavy (non-hydrogen) atoms. The number of hydrogen-bond donors (Lipinski definition) is 4. The average molecular weight is 256 g/mol. The first-order valence-electron chi connectivity index (χ1n) is 6.83. The number of β-amino-alcohol motifs (C(OH)–C–C–N with tert-alkyl or cyclic N) is 1. The third kappa shape index (κ3) is 3.22. The summed E-state index contributed by atoms with van der Waals surface area (Å²) in [6, 6.07) is 0. The van der Waals surface area contributed by atoms with E-state index in [-0.39, 0.29) is 12.0 Å². The van der Waals surface area contributed by atoms with E-state index in [2.05, 4.69) is 17.6 Å². The van der Waals surface area contributed by atoms with Gasteiger partial charge in [0, 0.05) is 19.6 Å². The van der Waals surface area contributed by atoms with Crippen molar-refractivity contribution >= 4 is 5.97 Å². The predicted molar refractivity (Wildman–Crippen MR) is 68.4 cm³/mol. The third-order valence-corrected chi connectivity index (χ3v) is 4.41. The Morgan fingerprint density at radius 1 is 1.39 bits per heavy atom. The number of carbonyl (C=O) groups is 1. The number of carboxylic acid groups (broad SMARTS) is 1. The molecule has 0 bridgehead atoms. The van der Waals surface area contributed by atoms with Crippen LogP contribution < -0.4 is 10.6 Å². The van der Waals surface area contributed by atoms with Crippen LogP contribution >= 0.6 is 0 Å². The largest absolute Gasteiger partial charge is 0.481 e. The summed E-state index contributed by atoms with van der Waals surface area (Å²) in [7, 11) is 0. The summed E-state index contributed by atoms with van der Waals surface area (Å²) in [6.45, 7) is 4.07. The third-order valence-electron chi connectivity index (χ3n) is 4.41. The smallest absolute Gasteiger partial charge is 0.305 e. The Bertz CT molecular complexity index is 307. The van der Waals surface area contributed by atoms with Crippen molar-refractivity contribution in [1.29, 1.82) is 0 Å². The van der Waals surface area contributed by atoms with Gasteiger partial charge in [-0.3, -0.25) is 4.79 Å². The molecule has 0 aromatic carbocycles. The van der Waals surface area contributed by atoms with Gasteiger partial charge in [-0.2, -0.15) is 0 Å². The molecule has 0 atom stereocenters. The fraction of sp³-hybridized carbons (Fsp3) is 0.923. The number of nitrogens with one attached hydrogen (secondary N) is 2. The quantitative estimate of drug-likeness (QED) is 0.570. The molecule has 0 aromatic rings. The van der Waals surface area contributed by atoms with Gasteiger partial charge in [-0.1, -0.05) is 6.92 Å². The molecule has 4 N–H and O–H groups in total. The van der Waals surface area contributed by atoms with Gasteiger partial charge in [0.15, 0.2) is 0 Å². The van der Waals surface area contributed by atoms with Crippen LogP contribution in [-0.4, -0.2) is 47.0 Å². The van der Waals surface area contributed by atoms with Crippen molar-refractivity contribution in [2.45, 2.75) is 50.2 Å². The highest BCUT2D eigenvalue weighted by molar-refractivity contribution is 5.68. The molecule has 2 fully saturated rings. The maximum absolute atomic E-state index is 10.9. The number of hydrogen-bond acceptors (Lipinski definition) is 4. The standard InChI is InChI=1S/C13H24N2O3/c1-10-2-4-13(18,5-3-10)9-15-12(6-11(16)17)7-14-8-12/h10,14-15,18H,2-9H2,1H3,(H,16,17). The zero-order valence-corrected chi connectivity index (χ0v) is 11.0. The predicted octanol–water partition coefficient (Wildman–Crippen LogP) is 0.334. The summed E-state index contributed by atoms with van der Waals surface area (Å²) in [5.41, 5.74) is -1.00. The highest BCUT2D eigenvalue weighted by atomic mass is 16.4. The molecule has 2 rings (SSSR count). The summed E-state index contributed by atoms with van der Waals surface area (Å²) in [5.74, 6) is -0.0862. The number of carboxylic acids is 1. The summed E-state index contributed by atoms with van der Waals surface area (Å²) < 4.78 is 0. The van der Waals surface area contributed by atoms with Gasteiger partial charge >= 0.3 is 5.97 Å². The van der Waals surface area contributed by atoms with Crippen molar-refractivity contribution < 1.29 is 15.0 Å². The van der Waals surface area contributed by atoms with Crippen molar-refractivity contribution in [3.8, 4) is 0 Å². The molecule has 0 spiro atoms. The van der Waals surface area contributed by atoms with Crippen LogP contribution in [0.5, 0.6) is 0 Å². The van der Waals surface area contributed by atoms with E-state index in [9.17, 15) is 9.90 Å². The number of aliphatic hydroxyl groups is 1. The van der Waals surface area contributed by atoms with E-state index in [1.807, 2.05) is 0 Å². The van der Waals surface area contributed by atoms with E-state index >= 15 is 0 Å². The van der Waals surface area contributed by atoms with Crippen molar-refractivity contribution in [1.82, 2.24) is 10.6 Å². The number of aliphatic carboxylic acids is 1. The average Bonchev–Trinajstić information content (AvgIpc) is 2.26. The Balaban J connectivity index is 1.84. The van der Waals surface area contributed by atoms with Crippen LogP contribution in [0.15, 0.2) is 0 Å². The fourth-order valence-corrected chi connectivity index (χ4v) is 2.86. The molecule has 5 heteroatoms. The molecule has 0 amide bonds. The van der Waals surface area contributed by atoms with E-state index in [4.69, 9.17) is 5.11 Å². The molecular weight excluding hydrogens is 232 g/mol. The zero-order valence-electron chi connectivity index (χ0n) is 11.0. The van der Waals surface area contributed by atoms with Crippen LogP contribution in [0, 0.1) is 5.92 Å². The van der Waals surface area contributed by atoms with Gasteiger partial charge in [0.2, 0.25) is 0 Å². The van der Waals surface area contributed by atoms with Gasteiger partial charge in [-0.05, 0) is 31.6 Å². The molecule has 1 saturated carbocycles. The first-order valence-corrected chi connectivity index (χ1v) is 6.83. The molecule has 1 aliphatic carbocycles. The molecule has 2 aliphatic rings. The second kappa shape index (κ2) is 5.15. The van der Waals surface area contributed by atoms with Crippen molar-refractivity contribution in [3.63, 3.8) is 0 Å². The molecule has 1 heterocycles. The summed E-state index contributed by atoms with van der Waals surface area (Å²) in [4.78, 5) is 10.9. The van der Waals surface area contributed by atoms with Crippen LogP contribution in [-0.2, 0) is 4.79 Å². The van der Waals surface area contributed by atoms with Crippen molar-refractivity contribution in [2.24, 2.45) is 5.92 Å². The summed E-state index contributed by atoms with van der Waals surface area (Å²) >= 11 is 0. The van der Waals surface area contributed by atoms with E-state index in [0.29, 0.717) is 25.6 Å². The van der Waals surface area contributed by atoms with E-state index < -0.39 is 11.6 Å². The summed E-state index contributed by atoms with van der Waals surface area (Å²) in [6.07, 6.45) is 3.87. The second-order valence-corrected chi connectivity index (χ2v) is 6.21. The van der Waals surface area contributed by atoms with Crippen LogP contribution in [0.2, 0.25) is 0 Å². The van der Waals surface area contributed by atoms with Gasteiger partial charge in [-0.15, -0.1) is 0 Å². The molecule has 5 nitrogen and oxygen atoms in total. The van der Waals surface area contributed by atoms with Gasteiger partial charge in [0.1, 0.15) is 0 Å². The SMILES string of the molecule is CC1CCC(O)(CNC2(CC(=O)O)CNC2)CC1. The molecule has 1 aliphatic heterocycles. The lowest BCUT2D eigenvalue weighted by molar-refractivity contribution is -0.139. The lowest BCUT2D eigenvalue weighted by atomic mass is 9.78. The Hall–Kier alpha value is -0.650. The Morgan fingerprint density at radius 3 is 2.44 bits per heavy atom. The van der Waals surface area contributed by atoms with Crippen molar-refractivity contribution in [3.05, 3.63) is 0 Å². The normalized spacial score (nSPS) is 34.9. The second-order valence-electron chi connectivity index (χ2n) is 6.21. The van der Waals surface area contributed by atoms with Gasteiger partial charge in [-0.25, -0.2) is 0 Å². The minimum atomic E-state index is -0.784. The molecule has 0 aromatic heterocycles. The van der Waals surface area contributed by atoms with E-state index in [1.165, 1.54) is 0 Å². The monoisotopic (exact) mass is 256 g/mol. The fourth-order valence-electron chi connectivity index (χ4n) is 2.86. The number of rotatable bonds is 5. The molecule has 0 unspecified atom stereocenters. The Kier molecular flexibility index (Phi) is 3.94. The minimum Gasteiger partial charge on any atom is -0.481 e. The molecular formula is C13H24N2O3. The van der Waals surface area contributed by atoms with Gasteiger partial charge < -0.3 is 20.8 Å². The van der Waals surface area contributed by atoms with E-state index in [0.717, 1.165) is 25.7 Å². The highest BCUT2D eigenvalue weighted by Crippen LogP contribution is 2.32.